The fourth-order valence-corrected chi connectivity index (χ4v) is 3.07. The molecule has 0 heterocycles. The monoisotopic (exact) mass is 299 g/mol. The summed E-state index contributed by atoms with van der Waals surface area (Å²) < 4.78 is 32.6. The van der Waals surface area contributed by atoms with Gasteiger partial charge in [-0.2, -0.15) is 0 Å². The lowest BCUT2D eigenvalue weighted by molar-refractivity contribution is 0.402. The number of methoxy groups -OCH3 is 1. The third-order valence-electron chi connectivity index (χ3n) is 3.16. The molecule has 1 rings (SSSR count). The van der Waals surface area contributed by atoms with E-state index >= 15 is 0 Å². The molecule has 0 amide bonds. The third kappa shape index (κ3) is 4.49. The number of sulfonamides is 1. The molecular formula is C15H25NO3S. The molecule has 0 aromatic heterocycles. The summed E-state index contributed by atoms with van der Waals surface area (Å²) in [6.07, 6.45) is 0.811. The molecule has 0 unspecified atom stereocenters. The molecule has 0 bridgehead atoms. The van der Waals surface area contributed by atoms with Crippen LogP contribution in [-0.4, -0.2) is 22.1 Å². The van der Waals surface area contributed by atoms with Crippen LogP contribution in [0.5, 0.6) is 5.75 Å². The van der Waals surface area contributed by atoms with Gasteiger partial charge in [-0.1, -0.05) is 33.8 Å². The lowest BCUT2D eigenvalue weighted by Gasteiger charge is -2.14. The summed E-state index contributed by atoms with van der Waals surface area (Å²) in [4.78, 5) is 0.218. The largest absolute Gasteiger partial charge is 0.495 e. The molecule has 0 saturated heterocycles. The van der Waals surface area contributed by atoms with Crippen molar-refractivity contribution in [2.75, 3.05) is 13.7 Å². The Morgan fingerprint density at radius 2 is 1.85 bits per heavy atom. The molecule has 4 nitrogen and oxygen atoms in total. The van der Waals surface area contributed by atoms with Gasteiger partial charge in [-0.05, 0) is 36.0 Å². The van der Waals surface area contributed by atoms with Crippen LogP contribution < -0.4 is 9.46 Å². The van der Waals surface area contributed by atoms with Crippen LogP contribution >= 0.6 is 0 Å². The summed E-state index contributed by atoms with van der Waals surface area (Å²) in [7, 11) is -2.05. The van der Waals surface area contributed by atoms with E-state index in [0.717, 1.165) is 12.0 Å². The molecule has 0 radical (unpaired) electrons. The molecule has 20 heavy (non-hydrogen) atoms. The van der Waals surface area contributed by atoms with Gasteiger partial charge in [-0.3, -0.25) is 0 Å². The lowest BCUT2D eigenvalue weighted by atomic mass is 10.0. The summed E-state index contributed by atoms with van der Waals surface area (Å²) in [5.74, 6) is 1.11. The highest BCUT2D eigenvalue weighted by molar-refractivity contribution is 7.89. The van der Waals surface area contributed by atoms with Gasteiger partial charge in [0.25, 0.3) is 0 Å². The highest BCUT2D eigenvalue weighted by Gasteiger charge is 2.20. The van der Waals surface area contributed by atoms with Crippen LogP contribution in [0.25, 0.3) is 0 Å². The summed E-state index contributed by atoms with van der Waals surface area (Å²) in [6.45, 7) is 8.63. The quantitative estimate of drug-likeness (QED) is 0.841. The van der Waals surface area contributed by atoms with Gasteiger partial charge in [0.05, 0.1) is 7.11 Å². The summed E-state index contributed by atoms with van der Waals surface area (Å²) in [6, 6.07) is 5.31. The van der Waals surface area contributed by atoms with Gasteiger partial charge in [-0.25, -0.2) is 13.1 Å². The Balaban J connectivity index is 3.05. The van der Waals surface area contributed by atoms with Gasteiger partial charge in [0.2, 0.25) is 10.0 Å². The molecule has 1 aromatic carbocycles. The van der Waals surface area contributed by atoms with Crippen LogP contribution in [0.3, 0.4) is 0 Å². The first-order valence-electron chi connectivity index (χ1n) is 6.95. The maximum absolute atomic E-state index is 12.4. The number of hydrogen-bond donors (Lipinski definition) is 1. The molecule has 0 aliphatic rings. The first-order chi connectivity index (χ1) is 9.27. The van der Waals surface area contributed by atoms with Crippen LogP contribution in [-0.2, 0) is 10.0 Å². The SMILES string of the molecule is COc1ccc(C(C)C)cc1S(=O)(=O)NCCC(C)C. The standard InChI is InChI=1S/C15H25NO3S/c1-11(2)8-9-16-20(17,18)15-10-13(12(3)4)6-7-14(15)19-5/h6-7,10-12,16H,8-9H2,1-5H3. The van der Waals surface area contributed by atoms with Crippen molar-refractivity contribution in [3.05, 3.63) is 23.8 Å². The molecule has 0 aliphatic carbocycles. The van der Waals surface area contributed by atoms with Crippen LogP contribution in [0, 0.1) is 5.92 Å². The lowest BCUT2D eigenvalue weighted by Crippen LogP contribution is -2.26. The zero-order valence-corrected chi connectivity index (χ0v) is 13.8. The zero-order valence-electron chi connectivity index (χ0n) is 12.9. The van der Waals surface area contributed by atoms with Gasteiger partial charge < -0.3 is 4.74 Å². The van der Waals surface area contributed by atoms with Crippen molar-refractivity contribution in [3.63, 3.8) is 0 Å². The van der Waals surface area contributed by atoms with Crippen molar-refractivity contribution in [2.45, 2.75) is 44.9 Å². The van der Waals surface area contributed by atoms with Crippen LogP contribution in [0.4, 0.5) is 0 Å². The minimum atomic E-state index is -3.53. The summed E-state index contributed by atoms with van der Waals surface area (Å²) in [5.41, 5.74) is 0.982. The van der Waals surface area contributed by atoms with E-state index in [1.165, 1.54) is 7.11 Å². The minimum Gasteiger partial charge on any atom is -0.495 e. The Kier molecular flexibility index (Phi) is 6.02. The number of rotatable bonds is 7. The van der Waals surface area contributed by atoms with Crippen molar-refractivity contribution in [1.29, 1.82) is 0 Å². The van der Waals surface area contributed by atoms with Gasteiger partial charge in [0.1, 0.15) is 10.6 Å². The molecule has 0 spiro atoms. The van der Waals surface area contributed by atoms with E-state index < -0.39 is 10.0 Å². The molecule has 5 heteroatoms. The van der Waals surface area contributed by atoms with Gasteiger partial charge >= 0.3 is 0 Å². The number of ether oxygens (including phenoxy) is 1. The second-order valence-electron chi connectivity index (χ2n) is 5.65. The smallest absolute Gasteiger partial charge is 0.244 e. The number of hydrogen-bond acceptors (Lipinski definition) is 3. The first kappa shape index (κ1) is 17.0. The Labute approximate surface area is 122 Å². The van der Waals surface area contributed by atoms with Crippen LogP contribution in [0.15, 0.2) is 23.1 Å². The minimum absolute atomic E-state index is 0.218. The second-order valence-corrected chi connectivity index (χ2v) is 7.38. The molecule has 0 saturated carbocycles. The van der Waals surface area contributed by atoms with Gasteiger partial charge in [0, 0.05) is 6.54 Å². The maximum atomic E-state index is 12.4. The molecule has 1 N–H and O–H groups in total. The van der Waals surface area contributed by atoms with E-state index in [1.807, 2.05) is 19.9 Å². The molecule has 0 fully saturated rings. The maximum Gasteiger partial charge on any atom is 0.244 e. The summed E-state index contributed by atoms with van der Waals surface area (Å²) >= 11 is 0. The number of benzene rings is 1. The second kappa shape index (κ2) is 7.09. The highest BCUT2D eigenvalue weighted by atomic mass is 32.2. The van der Waals surface area contributed by atoms with Crippen molar-refractivity contribution in [3.8, 4) is 5.75 Å². The van der Waals surface area contributed by atoms with E-state index in [4.69, 9.17) is 4.74 Å². The van der Waals surface area contributed by atoms with Crippen LogP contribution in [0.1, 0.15) is 45.6 Å². The normalized spacial score (nSPS) is 12.2. The molecule has 0 atom stereocenters. The predicted octanol–water partition coefficient (Wildman–Crippen LogP) is 3.14. The van der Waals surface area contributed by atoms with Crippen molar-refractivity contribution in [1.82, 2.24) is 4.72 Å². The Hall–Kier alpha value is -1.07. The average molecular weight is 299 g/mol. The highest BCUT2D eigenvalue weighted by Crippen LogP contribution is 2.27. The Morgan fingerprint density at radius 1 is 1.20 bits per heavy atom. The first-order valence-corrected chi connectivity index (χ1v) is 8.44. The Morgan fingerprint density at radius 3 is 2.35 bits per heavy atom. The van der Waals surface area contributed by atoms with Gasteiger partial charge in [0.15, 0.2) is 0 Å². The summed E-state index contributed by atoms with van der Waals surface area (Å²) in [5, 5.41) is 0. The van der Waals surface area contributed by atoms with Crippen LogP contribution in [0.2, 0.25) is 0 Å². The molecule has 1 aromatic rings. The topological polar surface area (TPSA) is 55.4 Å². The predicted molar refractivity (Wildman–Crippen MR) is 81.7 cm³/mol. The Bertz CT molecular complexity index is 536. The van der Waals surface area contributed by atoms with Crippen molar-refractivity contribution in [2.24, 2.45) is 5.92 Å². The fourth-order valence-electron chi connectivity index (χ4n) is 1.82. The van der Waals surface area contributed by atoms with E-state index in [9.17, 15) is 8.42 Å². The number of nitrogens with one attached hydrogen (secondary N) is 1. The molecule has 0 aliphatic heterocycles. The van der Waals surface area contributed by atoms with E-state index in [0.29, 0.717) is 18.2 Å². The van der Waals surface area contributed by atoms with E-state index in [1.54, 1.807) is 12.1 Å². The van der Waals surface area contributed by atoms with Crippen molar-refractivity contribution >= 4 is 10.0 Å². The van der Waals surface area contributed by atoms with E-state index in [2.05, 4.69) is 18.6 Å². The van der Waals surface area contributed by atoms with Crippen molar-refractivity contribution < 1.29 is 13.2 Å². The fraction of sp³-hybridized carbons (Fsp3) is 0.600. The molecular weight excluding hydrogens is 274 g/mol. The third-order valence-corrected chi connectivity index (χ3v) is 4.64. The molecule has 114 valence electrons. The van der Waals surface area contributed by atoms with E-state index in [-0.39, 0.29) is 10.8 Å². The van der Waals surface area contributed by atoms with Gasteiger partial charge in [-0.15, -0.1) is 0 Å². The average Bonchev–Trinajstić information content (AvgIpc) is 2.37. The zero-order chi connectivity index (χ0) is 15.3.